The fraction of sp³-hybridized carbons (Fsp3) is 0.176. The largest absolute Gasteiger partial charge is 0.223 e. The van der Waals surface area contributed by atoms with Crippen molar-refractivity contribution in [1.29, 1.82) is 5.26 Å². The van der Waals surface area contributed by atoms with Crippen LogP contribution in [0.15, 0.2) is 39.6 Å². The first-order chi connectivity index (χ1) is 12.6. The summed E-state index contributed by atoms with van der Waals surface area (Å²) in [5, 5.41) is 22.7. The third-order valence-electron chi connectivity index (χ3n) is 3.35. The van der Waals surface area contributed by atoms with E-state index in [2.05, 4.69) is 37.5 Å². The number of benzene rings is 1. The zero-order valence-electron chi connectivity index (χ0n) is 14.0. The summed E-state index contributed by atoms with van der Waals surface area (Å²) in [6.45, 7) is 2.01. The van der Waals surface area contributed by atoms with Crippen molar-refractivity contribution in [2.24, 2.45) is 7.05 Å². The monoisotopic (exact) mass is 379 g/mol. The van der Waals surface area contributed by atoms with E-state index < -0.39 is 0 Å². The second kappa shape index (κ2) is 8.00. The van der Waals surface area contributed by atoms with Gasteiger partial charge in [0.1, 0.15) is 16.7 Å². The van der Waals surface area contributed by atoms with Gasteiger partial charge in [0.15, 0.2) is 5.16 Å². The van der Waals surface area contributed by atoms with Crippen molar-refractivity contribution >= 4 is 23.5 Å². The Hall–Kier alpha value is -2.88. The number of rotatable bonds is 5. The maximum absolute atomic E-state index is 9.74. The molecular weight excluding hydrogens is 366 g/mol. The van der Waals surface area contributed by atoms with Crippen molar-refractivity contribution < 1.29 is 0 Å². The standard InChI is InChI=1S/C17H13N7S2/c1-4-9-25-16-19-14(12-7-5-11(2)6-8-12)13(10-18)15(20-16)26-17-21-22-23-24(17)3/h1,5-8H,9H2,2-3H3. The first-order valence-electron chi connectivity index (χ1n) is 7.48. The molecule has 26 heavy (non-hydrogen) atoms. The highest BCUT2D eigenvalue weighted by atomic mass is 32.2. The van der Waals surface area contributed by atoms with Gasteiger partial charge in [0.05, 0.1) is 11.4 Å². The Bertz CT molecular complexity index is 1010. The Morgan fingerprint density at radius 2 is 2.00 bits per heavy atom. The zero-order valence-corrected chi connectivity index (χ0v) is 15.7. The number of nitrogens with zero attached hydrogens (tertiary/aromatic N) is 7. The molecule has 0 saturated heterocycles. The molecule has 3 aromatic rings. The quantitative estimate of drug-likeness (QED) is 0.289. The van der Waals surface area contributed by atoms with E-state index in [9.17, 15) is 5.26 Å². The van der Waals surface area contributed by atoms with E-state index >= 15 is 0 Å². The molecule has 0 aliphatic heterocycles. The van der Waals surface area contributed by atoms with Crippen molar-refractivity contribution in [1.82, 2.24) is 30.2 Å². The van der Waals surface area contributed by atoms with Crippen LogP contribution in [0.1, 0.15) is 11.1 Å². The van der Waals surface area contributed by atoms with Gasteiger partial charge in [-0.05, 0) is 29.1 Å². The molecule has 0 bridgehead atoms. The SMILES string of the molecule is C#CCSc1nc(Sc2nnnn2C)c(C#N)c(-c2ccc(C)cc2)n1. The lowest BCUT2D eigenvalue weighted by atomic mass is 10.1. The molecule has 128 valence electrons. The van der Waals surface area contributed by atoms with E-state index in [0.29, 0.717) is 32.3 Å². The Morgan fingerprint density at radius 1 is 1.23 bits per heavy atom. The summed E-state index contributed by atoms with van der Waals surface area (Å²) < 4.78 is 1.52. The lowest BCUT2D eigenvalue weighted by Gasteiger charge is -2.10. The van der Waals surface area contributed by atoms with Crippen molar-refractivity contribution in [3.8, 4) is 29.7 Å². The lowest BCUT2D eigenvalue weighted by Crippen LogP contribution is -2.01. The van der Waals surface area contributed by atoms with Gasteiger partial charge < -0.3 is 0 Å². The molecular formula is C17H13N7S2. The van der Waals surface area contributed by atoms with Gasteiger partial charge in [-0.3, -0.25) is 0 Å². The van der Waals surface area contributed by atoms with Crippen LogP contribution in [-0.4, -0.2) is 35.9 Å². The number of aromatic nitrogens is 6. The van der Waals surface area contributed by atoms with Gasteiger partial charge in [0.2, 0.25) is 5.16 Å². The summed E-state index contributed by atoms with van der Waals surface area (Å²) in [5.74, 6) is 3.00. The van der Waals surface area contributed by atoms with Crippen molar-refractivity contribution in [3.05, 3.63) is 35.4 Å². The number of nitriles is 1. The van der Waals surface area contributed by atoms with Crippen LogP contribution in [0.5, 0.6) is 0 Å². The molecule has 0 aliphatic rings. The normalized spacial score (nSPS) is 10.3. The lowest BCUT2D eigenvalue weighted by molar-refractivity contribution is 0.664. The van der Waals surface area contributed by atoms with Crippen LogP contribution in [0.2, 0.25) is 0 Å². The molecule has 3 rings (SSSR count). The minimum absolute atomic E-state index is 0.381. The molecule has 0 atom stereocenters. The van der Waals surface area contributed by atoms with Crippen LogP contribution in [-0.2, 0) is 7.05 Å². The molecule has 0 unspecified atom stereocenters. The van der Waals surface area contributed by atoms with Gasteiger partial charge in [0, 0.05) is 12.6 Å². The number of aryl methyl sites for hydroxylation is 2. The van der Waals surface area contributed by atoms with E-state index in [1.54, 1.807) is 7.05 Å². The summed E-state index contributed by atoms with van der Waals surface area (Å²) in [4.78, 5) is 9.04. The Kier molecular flexibility index (Phi) is 5.52. The molecule has 0 amide bonds. The van der Waals surface area contributed by atoms with Gasteiger partial charge in [-0.1, -0.05) is 47.5 Å². The second-order valence-corrected chi connectivity index (χ2v) is 7.09. The molecule has 2 aromatic heterocycles. The van der Waals surface area contributed by atoms with Crippen molar-refractivity contribution in [2.75, 3.05) is 5.75 Å². The Labute approximate surface area is 159 Å². The Balaban J connectivity index is 2.14. The molecule has 0 N–H and O–H groups in total. The van der Waals surface area contributed by atoms with Gasteiger partial charge in [-0.2, -0.15) is 5.26 Å². The summed E-state index contributed by atoms with van der Waals surface area (Å²) >= 11 is 2.56. The molecule has 1 aromatic carbocycles. The van der Waals surface area contributed by atoms with Crippen LogP contribution in [0.3, 0.4) is 0 Å². The average molecular weight is 379 g/mol. The molecule has 2 heterocycles. The number of tetrazole rings is 1. The van der Waals surface area contributed by atoms with E-state index in [1.807, 2.05) is 31.2 Å². The minimum atomic E-state index is 0.381. The first kappa shape index (κ1) is 17.9. The smallest absolute Gasteiger partial charge is 0.215 e. The first-order valence-corrected chi connectivity index (χ1v) is 9.28. The van der Waals surface area contributed by atoms with Crippen LogP contribution in [0, 0.1) is 30.6 Å². The van der Waals surface area contributed by atoms with E-state index in [1.165, 1.54) is 28.2 Å². The third-order valence-corrected chi connectivity index (χ3v) is 5.11. The molecule has 0 fully saturated rings. The fourth-order valence-corrected chi connectivity index (χ4v) is 3.46. The molecule has 0 radical (unpaired) electrons. The van der Waals surface area contributed by atoms with Crippen LogP contribution < -0.4 is 0 Å². The second-order valence-electron chi connectivity index (χ2n) is 5.19. The number of terminal acetylenes is 1. The summed E-state index contributed by atoms with van der Waals surface area (Å²) in [7, 11) is 1.73. The topological polar surface area (TPSA) is 93.2 Å². The van der Waals surface area contributed by atoms with Gasteiger partial charge in [-0.25, -0.2) is 14.6 Å². The highest BCUT2D eigenvalue weighted by Crippen LogP contribution is 2.33. The van der Waals surface area contributed by atoms with E-state index in [4.69, 9.17) is 6.42 Å². The highest BCUT2D eigenvalue weighted by Gasteiger charge is 2.19. The molecule has 7 nitrogen and oxygen atoms in total. The van der Waals surface area contributed by atoms with Gasteiger partial charge in [0.25, 0.3) is 0 Å². The van der Waals surface area contributed by atoms with E-state index in [0.717, 1.165) is 11.1 Å². The molecule has 0 aliphatic carbocycles. The Morgan fingerprint density at radius 3 is 2.62 bits per heavy atom. The summed E-state index contributed by atoms with van der Waals surface area (Å²) in [5.41, 5.74) is 2.92. The minimum Gasteiger partial charge on any atom is -0.223 e. The summed E-state index contributed by atoms with van der Waals surface area (Å²) in [6.07, 6.45) is 5.35. The number of hydrogen-bond acceptors (Lipinski definition) is 8. The zero-order chi connectivity index (χ0) is 18.5. The van der Waals surface area contributed by atoms with Gasteiger partial charge in [-0.15, -0.1) is 11.5 Å². The van der Waals surface area contributed by atoms with E-state index in [-0.39, 0.29) is 0 Å². The third kappa shape index (κ3) is 3.85. The van der Waals surface area contributed by atoms with Crippen LogP contribution in [0.4, 0.5) is 0 Å². The van der Waals surface area contributed by atoms with Crippen LogP contribution >= 0.6 is 23.5 Å². The number of thioether (sulfide) groups is 1. The molecule has 0 spiro atoms. The highest BCUT2D eigenvalue weighted by molar-refractivity contribution is 7.99. The fourth-order valence-electron chi connectivity index (χ4n) is 2.08. The van der Waals surface area contributed by atoms with Crippen molar-refractivity contribution in [3.63, 3.8) is 0 Å². The predicted molar refractivity (Wildman–Crippen MR) is 99.4 cm³/mol. The van der Waals surface area contributed by atoms with Crippen molar-refractivity contribution in [2.45, 2.75) is 22.3 Å². The molecule has 0 saturated carbocycles. The summed E-state index contributed by atoms with van der Waals surface area (Å²) in [6, 6.07) is 10.1. The van der Waals surface area contributed by atoms with Crippen LogP contribution in [0.25, 0.3) is 11.3 Å². The maximum atomic E-state index is 9.74. The number of hydrogen-bond donors (Lipinski definition) is 0. The molecule has 9 heteroatoms. The predicted octanol–water partition coefficient (Wildman–Crippen LogP) is 2.72. The van der Waals surface area contributed by atoms with Gasteiger partial charge >= 0.3 is 0 Å². The average Bonchev–Trinajstić information content (AvgIpc) is 3.05. The maximum Gasteiger partial charge on any atom is 0.215 e.